The molecule has 1 fully saturated rings. The molecule has 0 aromatic heterocycles. The summed E-state index contributed by atoms with van der Waals surface area (Å²) in [6.07, 6.45) is 2.84. The van der Waals surface area contributed by atoms with Gasteiger partial charge in [-0.15, -0.1) is 6.58 Å². The Hall–Kier alpha value is -0.340. The van der Waals surface area contributed by atoms with E-state index in [0.717, 1.165) is 6.42 Å². The van der Waals surface area contributed by atoms with Gasteiger partial charge in [0.1, 0.15) is 0 Å². The smallest absolute Gasteiger partial charge is 0.0891 e. The zero-order chi connectivity index (χ0) is 9.35. The van der Waals surface area contributed by atoms with E-state index in [1.165, 1.54) is 0 Å². The Morgan fingerprint density at radius 3 is 2.42 bits per heavy atom. The van der Waals surface area contributed by atoms with Gasteiger partial charge in [-0.1, -0.05) is 13.0 Å². The fraction of sp³-hybridized carbons (Fsp3) is 0.800. The molecular weight excluding hydrogens is 152 g/mol. The molecule has 0 bridgehead atoms. The van der Waals surface area contributed by atoms with Gasteiger partial charge in [-0.25, -0.2) is 0 Å². The van der Waals surface area contributed by atoms with Gasteiger partial charge < -0.3 is 9.84 Å². The third-order valence-corrected chi connectivity index (χ3v) is 2.40. The number of hydrogen-bond donors (Lipinski definition) is 1. The van der Waals surface area contributed by atoms with Crippen molar-refractivity contribution < 1.29 is 9.84 Å². The Bertz CT molecular complexity index is 169. The molecule has 0 aromatic rings. The molecular formula is C10H18O2. The Labute approximate surface area is 74.2 Å². The highest BCUT2D eigenvalue weighted by Crippen LogP contribution is 2.33. The molecule has 12 heavy (non-hydrogen) atoms. The van der Waals surface area contributed by atoms with Crippen molar-refractivity contribution in [3.05, 3.63) is 12.7 Å². The number of rotatable bonds is 2. The van der Waals surface area contributed by atoms with Crippen LogP contribution in [0.3, 0.4) is 0 Å². The minimum atomic E-state index is -0.739. The summed E-state index contributed by atoms with van der Waals surface area (Å²) in [5, 5.41) is 9.74. The van der Waals surface area contributed by atoms with Crippen molar-refractivity contribution in [3.8, 4) is 0 Å². The van der Waals surface area contributed by atoms with Gasteiger partial charge >= 0.3 is 0 Å². The minimum Gasteiger partial charge on any atom is -0.388 e. The maximum atomic E-state index is 9.74. The van der Waals surface area contributed by atoms with Crippen LogP contribution in [-0.4, -0.2) is 22.9 Å². The molecule has 2 nitrogen and oxygen atoms in total. The molecule has 3 unspecified atom stereocenters. The van der Waals surface area contributed by atoms with E-state index in [-0.39, 0.29) is 12.2 Å². The predicted octanol–water partition coefficient (Wildman–Crippen LogP) is 1.74. The number of aliphatic hydroxyl groups is 1. The number of ether oxygens (including phenoxy) is 1. The first-order valence-corrected chi connectivity index (χ1v) is 4.45. The van der Waals surface area contributed by atoms with Crippen LogP contribution in [-0.2, 0) is 4.74 Å². The summed E-state index contributed by atoms with van der Waals surface area (Å²) in [6, 6.07) is 0. The zero-order valence-corrected chi connectivity index (χ0v) is 8.08. The fourth-order valence-corrected chi connectivity index (χ4v) is 1.88. The van der Waals surface area contributed by atoms with Crippen molar-refractivity contribution in [3.63, 3.8) is 0 Å². The average Bonchev–Trinajstić information content (AvgIpc) is 2.29. The summed E-state index contributed by atoms with van der Waals surface area (Å²) in [5.41, 5.74) is -0.739. The zero-order valence-electron chi connectivity index (χ0n) is 8.08. The predicted molar refractivity (Wildman–Crippen MR) is 48.9 cm³/mol. The third kappa shape index (κ3) is 1.87. The number of hydrogen-bond acceptors (Lipinski definition) is 2. The normalized spacial score (nSPS) is 36.8. The largest absolute Gasteiger partial charge is 0.388 e. The molecule has 1 N–H and O–H groups in total. The molecule has 1 saturated heterocycles. The van der Waals surface area contributed by atoms with Crippen LogP contribution in [0, 0.1) is 5.92 Å². The lowest BCUT2D eigenvalue weighted by Crippen LogP contribution is -2.39. The molecule has 1 rings (SSSR count). The first-order chi connectivity index (χ1) is 5.45. The highest BCUT2D eigenvalue weighted by molar-refractivity contribution is 4.95. The molecule has 0 aromatic carbocycles. The Kier molecular flexibility index (Phi) is 2.59. The van der Waals surface area contributed by atoms with Crippen molar-refractivity contribution in [2.24, 2.45) is 5.92 Å². The van der Waals surface area contributed by atoms with Crippen LogP contribution in [0.15, 0.2) is 12.7 Å². The molecule has 0 aliphatic carbocycles. The molecule has 0 amide bonds. The summed E-state index contributed by atoms with van der Waals surface area (Å²) >= 11 is 0. The van der Waals surface area contributed by atoms with Gasteiger partial charge in [0, 0.05) is 0 Å². The molecule has 0 spiro atoms. The van der Waals surface area contributed by atoms with Crippen molar-refractivity contribution in [2.75, 3.05) is 0 Å². The average molecular weight is 170 g/mol. The second-order valence-electron chi connectivity index (χ2n) is 4.20. The second kappa shape index (κ2) is 3.19. The summed E-state index contributed by atoms with van der Waals surface area (Å²) in [7, 11) is 0. The molecule has 0 radical (unpaired) electrons. The highest BCUT2D eigenvalue weighted by Gasteiger charge is 2.39. The van der Waals surface area contributed by atoms with E-state index in [1.54, 1.807) is 13.8 Å². The monoisotopic (exact) mass is 170 g/mol. The van der Waals surface area contributed by atoms with Crippen LogP contribution >= 0.6 is 0 Å². The van der Waals surface area contributed by atoms with Crippen LogP contribution in [0.4, 0.5) is 0 Å². The van der Waals surface area contributed by atoms with Gasteiger partial charge in [0.05, 0.1) is 17.8 Å². The van der Waals surface area contributed by atoms with Gasteiger partial charge in [0.2, 0.25) is 0 Å². The van der Waals surface area contributed by atoms with E-state index < -0.39 is 5.60 Å². The van der Waals surface area contributed by atoms with Gasteiger partial charge in [-0.05, 0) is 26.2 Å². The first-order valence-electron chi connectivity index (χ1n) is 4.45. The molecule has 2 heteroatoms. The van der Waals surface area contributed by atoms with Crippen LogP contribution in [0.25, 0.3) is 0 Å². The van der Waals surface area contributed by atoms with Crippen LogP contribution in [0.1, 0.15) is 27.2 Å². The maximum absolute atomic E-state index is 9.74. The van der Waals surface area contributed by atoms with Crippen LogP contribution < -0.4 is 0 Å². The molecule has 1 aliphatic rings. The maximum Gasteiger partial charge on any atom is 0.0891 e. The Morgan fingerprint density at radius 2 is 2.17 bits per heavy atom. The van der Waals surface area contributed by atoms with Crippen molar-refractivity contribution >= 4 is 0 Å². The van der Waals surface area contributed by atoms with Crippen molar-refractivity contribution in [1.29, 1.82) is 0 Å². The van der Waals surface area contributed by atoms with Crippen molar-refractivity contribution in [1.82, 2.24) is 0 Å². The van der Waals surface area contributed by atoms with Gasteiger partial charge in [-0.3, -0.25) is 0 Å². The molecule has 70 valence electrons. The van der Waals surface area contributed by atoms with E-state index in [0.29, 0.717) is 5.92 Å². The standard InChI is InChI=1S/C10H18O2/c1-5-8-6-7(2)9(12-8)10(3,4)11/h5,7-9,11H,1,6H2,2-4H3. The summed E-state index contributed by atoms with van der Waals surface area (Å²) < 4.78 is 5.62. The Morgan fingerprint density at radius 1 is 1.58 bits per heavy atom. The lowest BCUT2D eigenvalue weighted by atomic mass is 9.90. The molecule has 1 heterocycles. The lowest BCUT2D eigenvalue weighted by Gasteiger charge is -2.28. The molecule has 3 atom stereocenters. The highest BCUT2D eigenvalue weighted by atomic mass is 16.5. The third-order valence-electron chi connectivity index (χ3n) is 2.40. The summed E-state index contributed by atoms with van der Waals surface area (Å²) in [5.74, 6) is 0.410. The molecule has 0 saturated carbocycles. The fourth-order valence-electron chi connectivity index (χ4n) is 1.88. The topological polar surface area (TPSA) is 29.5 Å². The minimum absolute atomic E-state index is 0.0551. The summed E-state index contributed by atoms with van der Waals surface area (Å²) in [6.45, 7) is 9.37. The van der Waals surface area contributed by atoms with E-state index in [9.17, 15) is 5.11 Å². The lowest BCUT2D eigenvalue weighted by molar-refractivity contribution is -0.0851. The van der Waals surface area contributed by atoms with E-state index in [1.807, 2.05) is 6.08 Å². The quantitative estimate of drug-likeness (QED) is 0.640. The van der Waals surface area contributed by atoms with Crippen LogP contribution in [0.2, 0.25) is 0 Å². The van der Waals surface area contributed by atoms with Gasteiger partial charge in [-0.2, -0.15) is 0 Å². The van der Waals surface area contributed by atoms with E-state index in [2.05, 4.69) is 13.5 Å². The Balaban J connectivity index is 2.63. The van der Waals surface area contributed by atoms with E-state index in [4.69, 9.17) is 4.74 Å². The second-order valence-corrected chi connectivity index (χ2v) is 4.20. The van der Waals surface area contributed by atoms with Crippen LogP contribution in [0.5, 0.6) is 0 Å². The SMILES string of the molecule is C=CC1CC(C)C(C(C)(C)O)O1. The van der Waals surface area contributed by atoms with Crippen molar-refractivity contribution in [2.45, 2.75) is 45.0 Å². The summed E-state index contributed by atoms with van der Waals surface area (Å²) in [4.78, 5) is 0. The molecule has 1 aliphatic heterocycles. The van der Waals surface area contributed by atoms with Gasteiger partial charge in [0.15, 0.2) is 0 Å². The van der Waals surface area contributed by atoms with E-state index >= 15 is 0 Å². The van der Waals surface area contributed by atoms with Gasteiger partial charge in [0.25, 0.3) is 0 Å². The first kappa shape index (κ1) is 9.75.